The normalized spacial score (nSPS) is 12.2. The van der Waals surface area contributed by atoms with E-state index < -0.39 is 12.0 Å². The predicted molar refractivity (Wildman–Crippen MR) is 123 cm³/mol. The van der Waals surface area contributed by atoms with Gasteiger partial charge >= 0.3 is 0 Å². The standard InChI is InChI=1S/C23H19Cl2N3O3/c1-14(27-28-23(31)21(29)16-5-3-2-4-6-16)15-7-10-18(11-8-15)26-22(30)19-12-9-17(24)13-20(19)25/h2-13,21,29H,1H3,(H,26,30)(H,28,31). The van der Waals surface area contributed by atoms with Gasteiger partial charge in [-0.25, -0.2) is 5.43 Å². The summed E-state index contributed by atoms with van der Waals surface area (Å²) in [5.74, 6) is -0.990. The number of rotatable bonds is 6. The fourth-order valence-corrected chi connectivity index (χ4v) is 3.21. The SMILES string of the molecule is CC(=NNC(=O)C(O)c1ccccc1)c1ccc(NC(=O)c2ccc(Cl)cc2Cl)cc1. The van der Waals surface area contributed by atoms with Crippen LogP contribution in [0.3, 0.4) is 0 Å². The molecule has 0 saturated carbocycles. The van der Waals surface area contributed by atoms with Crippen molar-refractivity contribution in [2.45, 2.75) is 13.0 Å². The van der Waals surface area contributed by atoms with E-state index in [0.29, 0.717) is 27.5 Å². The molecule has 6 nitrogen and oxygen atoms in total. The maximum absolute atomic E-state index is 12.4. The van der Waals surface area contributed by atoms with E-state index in [2.05, 4.69) is 15.8 Å². The van der Waals surface area contributed by atoms with Crippen LogP contribution >= 0.6 is 23.2 Å². The zero-order chi connectivity index (χ0) is 22.4. The molecule has 0 bridgehead atoms. The van der Waals surface area contributed by atoms with Crippen LogP contribution in [0.25, 0.3) is 0 Å². The van der Waals surface area contributed by atoms with E-state index >= 15 is 0 Å². The number of halogens is 2. The van der Waals surface area contributed by atoms with Crippen LogP contribution in [-0.4, -0.2) is 22.6 Å². The lowest BCUT2D eigenvalue weighted by Crippen LogP contribution is -2.26. The molecule has 3 aromatic carbocycles. The largest absolute Gasteiger partial charge is 0.378 e. The molecule has 3 N–H and O–H groups in total. The average Bonchev–Trinajstić information content (AvgIpc) is 2.77. The van der Waals surface area contributed by atoms with E-state index in [1.54, 1.807) is 73.7 Å². The lowest BCUT2D eigenvalue weighted by molar-refractivity contribution is -0.129. The summed E-state index contributed by atoms with van der Waals surface area (Å²) in [6.07, 6.45) is -1.31. The predicted octanol–water partition coefficient (Wildman–Crippen LogP) is 4.82. The molecule has 2 amide bonds. The maximum Gasteiger partial charge on any atom is 0.273 e. The first-order chi connectivity index (χ1) is 14.8. The molecule has 158 valence electrons. The zero-order valence-corrected chi connectivity index (χ0v) is 18.0. The Morgan fingerprint density at radius 2 is 1.65 bits per heavy atom. The highest BCUT2D eigenvalue weighted by Crippen LogP contribution is 2.22. The third-order valence-electron chi connectivity index (χ3n) is 4.43. The van der Waals surface area contributed by atoms with Crippen molar-refractivity contribution in [2.24, 2.45) is 5.10 Å². The number of nitrogens with one attached hydrogen (secondary N) is 2. The van der Waals surface area contributed by atoms with E-state index in [0.717, 1.165) is 5.56 Å². The first kappa shape index (κ1) is 22.5. The van der Waals surface area contributed by atoms with Crippen molar-refractivity contribution >= 4 is 46.4 Å². The summed E-state index contributed by atoms with van der Waals surface area (Å²) < 4.78 is 0. The third-order valence-corrected chi connectivity index (χ3v) is 4.98. The van der Waals surface area contributed by atoms with Crippen LogP contribution in [0, 0.1) is 0 Å². The van der Waals surface area contributed by atoms with Gasteiger partial charge in [0.25, 0.3) is 11.8 Å². The highest BCUT2D eigenvalue weighted by atomic mass is 35.5. The van der Waals surface area contributed by atoms with Crippen LogP contribution in [0.4, 0.5) is 5.69 Å². The number of hydrogen-bond acceptors (Lipinski definition) is 4. The number of amides is 2. The summed E-state index contributed by atoms with van der Waals surface area (Å²) in [5.41, 5.74) is 4.99. The first-order valence-electron chi connectivity index (χ1n) is 9.29. The fraction of sp³-hybridized carbons (Fsp3) is 0.0870. The van der Waals surface area contributed by atoms with Gasteiger partial charge in [0, 0.05) is 10.7 Å². The molecule has 0 spiro atoms. The Balaban J connectivity index is 1.62. The van der Waals surface area contributed by atoms with Gasteiger partial charge in [-0.15, -0.1) is 0 Å². The molecule has 0 aliphatic heterocycles. The molecule has 3 aromatic rings. The van der Waals surface area contributed by atoms with Gasteiger partial charge in [-0.2, -0.15) is 5.10 Å². The Hall–Kier alpha value is -3.19. The minimum absolute atomic E-state index is 0.262. The maximum atomic E-state index is 12.4. The summed E-state index contributed by atoms with van der Waals surface area (Å²) >= 11 is 11.9. The minimum atomic E-state index is -1.31. The summed E-state index contributed by atoms with van der Waals surface area (Å²) in [7, 11) is 0. The minimum Gasteiger partial charge on any atom is -0.378 e. The monoisotopic (exact) mass is 455 g/mol. The molecule has 1 atom stereocenters. The van der Waals surface area contributed by atoms with Gasteiger partial charge in [0.15, 0.2) is 6.10 Å². The Kier molecular flexibility index (Phi) is 7.41. The molecule has 0 radical (unpaired) electrons. The fourth-order valence-electron chi connectivity index (χ4n) is 2.72. The number of benzene rings is 3. The lowest BCUT2D eigenvalue weighted by atomic mass is 10.1. The van der Waals surface area contributed by atoms with E-state index in [9.17, 15) is 14.7 Å². The molecular weight excluding hydrogens is 437 g/mol. The van der Waals surface area contributed by atoms with E-state index in [4.69, 9.17) is 23.2 Å². The van der Waals surface area contributed by atoms with Crippen molar-refractivity contribution in [1.29, 1.82) is 0 Å². The van der Waals surface area contributed by atoms with Crippen LogP contribution in [-0.2, 0) is 4.79 Å². The van der Waals surface area contributed by atoms with Crippen molar-refractivity contribution in [1.82, 2.24) is 5.43 Å². The molecule has 0 fully saturated rings. The molecule has 0 aliphatic carbocycles. The van der Waals surface area contributed by atoms with Gasteiger partial charge < -0.3 is 10.4 Å². The van der Waals surface area contributed by atoms with Gasteiger partial charge in [0.05, 0.1) is 16.3 Å². The van der Waals surface area contributed by atoms with Crippen molar-refractivity contribution in [2.75, 3.05) is 5.32 Å². The van der Waals surface area contributed by atoms with Crippen LogP contribution in [0.15, 0.2) is 77.9 Å². The third kappa shape index (κ3) is 5.92. The van der Waals surface area contributed by atoms with E-state index in [1.807, 2.05) is 0 Å². The van der Waals surface area contributed by atoms with Crippen LogP contribution in [0.2, 0.25) is 10.0 Å². The number of nitrogens with zero attached hydrogens (tertiary/aromatic N) is 1. The number of anilines is 1. The number of hydrogen-bond donors (Lipinski definition) is 3. The van der Waals surface area contributed by atoms with Crippen molar-refractivity contribution in [3.63, 3.8) is 0 Å². The average molecular weight is 456 g/mol. The topological polar surface area (TPSA) is 90.8 Å². The molecule has 0 heterocycles. The molecular formula is C23H19Cl2N3O3. The van der Waals surface area contributed by atoms with Gasteiger partial charge in [-0.1, -0.05) is 65.7 Å². The molecule has 1 unspecified atom stereocenters. The first-order valence-corrected chi connectivity index (χ1v) is 10.0. The number of hydrazone groups is 1. The molecule has 0 aromatic heterocycles. The highest BCUT2D eigenvalue weighted by molar-refractivity contribution is 6.37. The zero-order valence-electron chi connectivity index (χ0n) is 16.5. The van der Waals surface area contributed by atoms with Gasteiger partial charge in [-0.05, 0) is 48.4 Å². The number of aliphatic hydroxyl groups is 1. The smallest absolute Gasteiger partial charge is 0.273 e. The Bertz CT molecular complexity index is 1120. The number of carbonyl (C=O) groups excluding carboxylic acids is 2. The molecule has 0 aliphatic rings. The molecule has 0 saturated heterocycles. The summed E-state index contributed by atoms with van der Waals surface area (Å²) in [6, 6.07) is 20.1. The van der Waals surface area contributed by atoms with E-state index in [1.165, 1.54) is 6.07 Å². The second-order valence-corrected chi connectivity index (χ2v) is 7.49. The number of aliphatic hydroxyl groups excluding tert-OH is 1. The van der Waals surface area contributed by atoms with Gasteiger partial charge in [-0.3, -0.25) is 9.59 Å². The molecule has 31 heavy (non-hydrogen) atoms. The van der Waals surface area contributed by atoms with Crippen LogP contribution in [0.1, 0.15) is 34.5 Å². The van der Waals surface area contributed by atoms with Crippen LogP contribution in [0.5, 0.6) is 0 Å². The second-order valence-electron chi connectivity index (χ2n) is 6.64. The molecule has 8 heteroatoms. The van der Waals surface area contributed by atoms with Crippen molar-refractivity contribution in [3.8, 4) is 0 Å². The lowest BCUT2D eigenvalue weighted by Gasteiger charge is -2.10. The summed E-state index contributed by atoms with van der Waals surface area (Å²) in [5, 5.41) is 17.6. The van der Waals surface area contributed by atoms with Crippen LogP contribution < -0.4 is 10.7 Å². The molecule has 3 rings (SSSR count). The Morgan fingerprint density at radius 1 is 0.968 bits per heavy atom. The van der Waals surface area contributed by atoms with Crippen molar-refractivity contribution < 1.29 is 14.7 Å². The Morgan fingerprint density at radius 3 is 2.29 bits per heavy atom. The highest BCUT2D eigenvalue weighted by Gasteiger charge is 2.16. The van der Waals surface area contributed by atoms with Gasteiger partial charge in [0.2, 0.25) is 0 Å². The van der Waals surface area contributed by atoms with E-state index in [-0.39, 0.29) is 10.9 Å². The quantitative estimate of drug-likeness (QED) is 0.367. The number of carbonyl (C=O) groups is 2. The summed E-state index contributed by atoms with van der Waals surface area (Å²) in [4.78, 5) is 24.5. The summed E-state index contributed by atoms with van der Waals surface area (Å²) in [6.45, 7) is 1.72. The second kappa shape index (κ2) is 10.2. The van der Waals surface area contributed by atoms with Gasteiger partial charge in [0.1, 0.15) is 0 Å². The Labute approximate surface area is 189 Å². The van der Waals surface area contributed by atoms with Crippen molar-refractivity contribution in [3.05, 3.63) is 99.5 Å².